The van der Waals surface area contributed by atoms with Crippen LogP contribution >= 0.6 is 0 Å². The molecule has 5 heteroatoms. The maximum atomic E-state index is 13.0. The number of nitrogens with one attached hydrogen (secondary N) is 2. The van der Waals surface area contributed by atoms with Gasteiger partial charge in [-0.2, -0.15) is 0 Å². The van der Waals surface area contributed by atoms with Gasteiger partial charge in [-0.15, -0.1) is 0 Å². The van der Waals surface area contributed by atoms with Crippen molar-refractivity contribution in [3.05, 3.63) is 70.8 Å². The van der Waals surface area contributed by atoms with Gasteiger partial charge in [0, 0.05) is 31.5 Å². The second-order valence-electron chi connectivity index (χ2n) is 8.00. The minimum absolute atomic E-state index is 0.0539. The van der Waals surface area contributed by atoms with Gasteiger partial charge >= 0.3 is 0 Å². The average Bonchev–Trinajstić information content (AvgIpc) is 2.99. The smallest absolute Gasteiger partial charge is 0.254 e. The van der Waals surface area contributed by atoms with E-state index < -0.39 is 5.66 Å². The quantitative estimate of drug-likeness (QED) is 0.864. The van der Waals surface area contributed by atoms with Gasteiger partial charge < -0.3 is 10.2 Å². The first-order chi connectivity index (χ1) is 13.5. The number of benzene rings is 2. The summed E-state index contributed by atoms with van der Waals surface area (Å²) >= 11 is 0. The maximum Gasteiger partial charge on any atom is 0.254 e. The molecular weight excluding hydrogens is 350 g/mol. The predicted molar refractivity (Wildman–Crippen MR) is 109 cm³/mol. The highest BCUT2D eigenvalue weighted by Gasteiger charge is 2.45. The largest absolute Gasteiger partial charge is 0.338 e. The second-order valence-corrected chi connectivity index (χ2v) is 8.00. The number of nitrogens with zero attached hydrogens (tertiary/aromatic N) is 1. The van der Waals surface area contributed by atoms with Crippen LogP contribution < -0.4 is 10.6 Å². The Morgan fingerprint density at radius 1 is 1.07 bits per heavy atom. The molecule has 2 aromatic carbocycles. The summed E-state index contributed by atoms with van der Waals surface area (Å²) in [6.45, 7) is 5.30. The lowest BCUT2D eigenvalue weighted by molar-refractivity contribution is -0.121. The summed E-state index contributed by atoms with van der Waals surface area (Å²) in [7, 11) is 0. The second kappa shape index (κ2) is 7.40. The molecule has 2 aromatic rings. The summed E-state index contributed by atoms with van der Waals surface area (Å²) in [4.78, 5) is 27.4. The molecular formula is C23H27N3O2. The van der Waals surface area contributed by atoms with Gasteiger partial charge in [-0.3, -0.25) is 14.9 Å². The van der Waals surface area contributed by atoms with Crippen LogP contribution in [0.3, 0.4) is 0 Å². The summed E-state index contributed by atoms with van der Waals surface area (Å²) in [6, 6.07) is 15.7. The van der Waals surface area contributed by atoms with Crippen molar-refractivity contribution in [2.75, 3.05) is 13.1 Å². The number of likely N-dealkylation sites (tertiary alicyclic amines) is 1. The van der Waals surface area contributed by atoms with Crippen molar-refractivity contribution >= 4 is 11.8 Å². The van der Waals surface area contributed by atoms with Crippen LogP contribution in [-0.4, -0.2) is 41.5 Å². The lowest BCUT2D eigenvalue weighted by Crippen LogP contribution is -2.58. The minimum atomic E-state index is -0.394. The first kappa shape index (κ1) is 18.7. The van der Waals surface area contributed by atoms with Gasteiger partial charge in [0.05, 0.1) is 11.7 Å². The fourth-order valence-corrected chi connectivity index (χ4v) is 4.27. The van der Waals surface area contributed by atoms with Crippen molar-refractivity contribution < 1.29 is 9.59 Å². The van der Waals surface area contributed by atoms with Gasteiger partial charge in [-0.25, -0.2) is 0 Å². The Kier molecular flexibility index (Phi) is 4.94. The highest BCUT2D eigenvalue weighted by atomic mass is 16.2. The van der Waals surface area contributed by atoms with Crippen LogP contribution in [0.25, 0.3) is 0 Å². The van der Waals surface area contributed by atoms with E-state index >= 15 is 0 Å². The molecule has 2 fully saturated rings. The van der Waals surface area contributed by atoms with E-state index in [1.807, 2.05) is 67.3 Å². The van der Waals surface area contributed by atoms with Crippen molar-refractivity contribution in [3.8, 4) is 0 Å². The molecule has 2 aliphatic rings. The Labute approximate surface area is 166 Å². The SMILES string of the molecule is Cc1cccc(C(=O)N2CCC3(CC2)NC(=O)C(Cc2ccccc2)N3)c1C. The Morgan fingerprint density at radius 2 is 1.79 bits per heavy atom. The summed E-state index contributed by atoms with van der Waals surface area (Å²) in [5.74, 6) is 0.138. The summed E-state index contributed by atoms with van der Waals surface area (Å²) in [5, 5.41) is 6.70. The van der Waals surface area contributed by atoms with Crippen LogP contribution in [0, 0.1) is 13.8 Å². The highest BCUT2D eigenvalue weighted by Crippen LogP contribution is 2.27. The molecule has 2 aliphatic heterocycles. The molecule has 5 nitrogen and oxygen atoms in total. The number of carbonyl (C=O) groups is 2. The zero-order chi connectivity index (χ0) is 19.7. The zero-order valence-electron chi connectivity index (χ0n) is 16.5. The van der Waals surface area contributed by atoms with E-state index in [0.717, 1.165) is 35.1 Å². The van der Waals surface area contributed by atoms with Gasteiger partial charge in [0.15, 0.2) is 0 Å². The number of piperidine rings is 1. The fourth-order valence-electron chi connectivity index (χ4n) is 4.27. The molecule has 2 amide bonds. The van der Waals surface area contributed by atoms with Crippen molar-refractivity contribution in [2.45, 2.75) is 44.8 Å². The first-order valence-corrected chi connectivity index (χ1v) is 9.97. The standard InChI is InChI=1S/C23H27N3O2/c1-16-7-6-10-19(17(16)2)22(28)26-13-11-23(12-14-26)24-20(21(27)25-23)15-18-8-4-3-5-9-18/h3-10,20,24H,11-15H2,1-2H3,(H,25,27). The number of hydrogen-bond donors (Lipinski definition) is 2. The maximum absolute atomic E-state index is 13.0. The molecule has 0 saturated carbocycles. The van der Waals surface area contributed by atoms with Gasteiger partial charge in [0.25, 0.3) is 5.91 Å². The molecule has 1 atom stereocenters. The Balaban J connectivity index is 1.40. The van der Waals surface area contributed by atoms with Crippen molar-refractivity contribution in [3.63, 3.8) is 0 Å². The topological polar surface area (TPSA) is 61.4 Å². The van der Waals surface area contributed by atoms with Gasteiger partial charge in [-0.1, -0.05) is 42.5 Å². The van der Waals surface area contributed by atoms with E-state index in [4.69, 9.17) is 0 Å². The summed E-state index contributed by atoms with van der Waals surface area (Å²) < 4.78 is 0. The Morgan fingerprint density at radius 3 is 2.50 bits per heavy atom. The molecule has 2 saturated heterocycles. The van der Waals surface area contributed by atoms with Crippen LogP contribution in [0.4, 0.5) is 0 Å². The van der Waals surface area contributed by atoms with Crippen molar-refractivity contribution in [1.82, 2.24) is 15.5 Å². The van der Waals surface area contributed by atoms with Crippen LogP contribution in [0.2, 0.25) is 0 Å². The lowest BCUT2D eigenvalue weighted by atomic mass is 9.95. The van der Waals surface area contributed by atoms with E-state index in [1.54, 1.807) is 0 Å². The molecule has 146 valence electrons. The molecule has 28 heavy (non-hydrogen) atoms. The van der Waals surface area contributed by atoms with Crippen LogP contribution in [-0.2, 0) is 11.2 Å². The summed E-state index contributed by atoms with van der Waals surface area (Å²) in [5.41, 5.74) is 3.71. The average molecular weight is 377 g/mol. The van der Waals surface area contributed by atoms with E-state index in [2.05, 4.69) is 10.6 Å². The third-order valence-electron chi connectivity index (χ3n) is 6.15. The number of rotatable bonds is 3. The molecule has 0 aliphatic carbocycles. The van der Waals surface area contributed by atoms with E-state index in [9.17, 15) is 9.59 Å². The third kappa shape index (κ3) is 3.54. The van der Waals surface area contributed by atoms with E-state index in [-0.39, 0.29) is 17.9 Å². The monoisotopic (exact) mass is 377 g/mol. The van der Waals surface area contributed by atoms with Gasteiger partial charge in [0.1, 0.15) is 0 Å². The van der Waals surface area contributed by atoms with Gasteiger partial charge in [-0.05, 0) is 43.0 Å². The molecule has 4 rings (SSSR count). The normalized spacial score (nSPS) is 21.0. The van der Waals surface area contributed by atoms with Crippen LogP contribution in [0.15, 0.2) is 48.5 Å². The van der Waals surface area contributed by atoms with Crippen LogP contribution in [0.1, 0.15) is 39.9 Å². The predicted octanol–water partition coefficient (Wildman–Crippen LogP) is 2.57. The third-order valence-corrected chi connectivity index (χ3v) is 6.15. The van der Waals surface area contributed by atoms with E-state index in [0.29, 0.717) is 19.5 Å². The van der Waals surface area contributed by atoms with Crippen molar-refractivity contribution in [2.24, 2.45) is 0 Å². The number of carbonyl (C=O) groups excluding carboxylic acids is 2. The Hall–Kier alpha value is -2.66. The molecule has 1 spiro atoms. The molecule has 2 heterocycles. The lowest BCUT2D eigenvalue weighted by Gasteiger charge is -2.39. The summed E-state index contributed by atoms with van der Waals surface area (Å²) in [6.07, 6.45) is 2.13. The highest BCUT2D eigenvalue weighted by molar-refractivity contribution is 5.96. The van der Waals surface area contributed by atoms with Gasteiger partial charge in [0.2, 0.25) is 5.91 Å². The molecule has 0 bridgehead atoms. The minimum Gasteiger partial charge on any atom is -0.338 e. The molecule has 2 N–H and O–H groups in total. The van der Waals surface area contributed by atoms with Crippen molar-refractivity contribution in [1.29, 1.82) is 0 Å². The zero-order valence-corrected chi connectivity index (χ0v) is 16.5. The number of hydrogen-bond acceptors (Lipinski definition) is 3. The molecule has 0 aromatic heterocycles. The number of amides is 2. The molecule has 1 unspecified atom stereocenters. The fraction of sp³-hybridized carbons (Fsp3) is 0.391. The van der Waals surface area contributed by atoms with Crippen LogP contribution in [0.5, 0.6) is 0 Å². The molecule has 0 radical (unpaired) electrons. The van der Waals surface area contributed by atoms with E-state index in [1.165, 1.54) is 0 Å². The Bertz CT molecular complexity index is 886. The number of aryl methyl sites for hydroxylation is 1. The first-order valence-electron chi connectivity index (χ1n) is 9.97.